The summed E-state index contributed by atoms with van der Waals surface area (Å²) in [5.41, 5.74) is 1.79. The van der Waals surface area contributed by atoms with Gasteiger partial charge in [0.25, 0.3) is 5.91 Å². The SMILES string of the molecule is COc1cc(OC)c(NC(=O)c2cc3c(cc2OC)C(=O)CC3(C)C)c(OC)c1. The van der Waals surface area contributed by atoms with Gasteiger partial charge in [-0.15, -0.1) is 0 Å². The van der Waals surface area contributed by atoms with Crippen molar-refractivity contribution in [2.75, 3.05) is 33.8 Å². The molecule has 3 rings (SSSR count). The van der Waals surface area contributed by atoms with Crippen molar-refractivity contribution in [3.8, 4) is 23.0 Å². The van der Waals surface area contributed by atoms with E-state index in [1.54, 1.807) is 24.3 Å². The Balaban J connectivity index is 2.06. The minimum atomic E-state index is -0.401. The van der Waals surface area contributed by atoms with Crippen LogP contribution in [0.4, 0.5) is 5.69 Å². The summed E-state index contributed by atoms with van der Waals surface area (Å²) in [6.45, 7) is 3.97. The Kier molecular flexibility index (Phi) is 5.42. The number of nitrogens with one attached hydrogen (secondary N) is 1. The highest BCUT2D eigenvalue weighted by Gasteiger charge is 2.37. The standard InChI is InChI=1S/C22H25NO6/c1-22(2)11-16(24)13-10-17(27-4)14(9-15(13)22)21(25)23-20-18(28-5)7-12(26-3)8-19(20)29-6/h7-10H,11H2,1-6H3,(H,23,25). The van der Waals surface area contributed by atoms with Crippen molar-refractivity contribution in [1.82, 2.24) is 0 Å². The van der Waals surface area contributed by atoms with Crippen LogP contribution in [0.3, 0.4) is 0 Å². The number of anilines is 1. The van der Waals surface area contributed by atoms with E-state index in [1.165, 1.54) is 28.4 Å². The number of methoxy groups -OCH3 is 4. The molecule has 0 saturated carbocycles. The first-order chi connectivity index (χ1) is 13.7. The number of carbonyl (C=O) groups excluding carboxylic acids is 2. The van der Waals surface area contributed by atoms with Crippen LogP contribution in [0.15, 0.2) is 24.3 Å². The van der Waals surface area contributed by atoms with E-state index in [4.69, 9.17) is 18.9 Å². The number of rotatable bonds is 6. The van der Waals surface area contributed by atoms with Gasteiger partial charge in [0.05, 0.1) is 34.0 Å². The van der Waals surface area contributed by atoms with Crippen LogP contribution in [0.2, 0.25) is 0 Å². The van der Waals surface area contributed by atoms with Crippen molar-refractivity contribution in [2.24, 2.45) is 0 Å². The third-order valence-electron chi connectivity index (χ3n) is 5.17. The molecule has 7 nitrogen and oxygen atoms in total. The summed E-state index contributed by atoms with van der Waals surface area (Å²) in [4.78, 5) is 25.5. The predicted molar refractivity (Wildman–Crippen MR) is 109 cm³/mol. The molecule has 29 heavy (non-hydrogen) atoms. The summed E-state index contributed by atoms with van der Waals surface area (Å²) >= 11 is 0. The molecule has 0 aromatic heterocycles. The molecule has 2 aromatic rings. The summed E-state index contributed by atoms with van der Waals surface area (Å²) in [6.07, 6.45) is 0.399. The van der Waals surface area contributed by atoms with Crippen LogP contribution in [0, 0.1) is 0 Å². The third kappa shape index (κ3) is 3.60. The zero-order chi connectivity index (χ0) is 21.3. The first-order valence-electron chi connectivity index (χ1n) is 9.12. The van der Waals surface area contributed by atoms with Crippen LogP contribution in [0.5, 0.6) is 23.0 Å². The number of benzene rings is 2. The Morgan fingerprint density at radius 1 is 0.897 bits per heavy atom. The van der Waals surface area contributed by atoms with Gasteiger partial charge in [-0.05, 0) is 23.1 Å². The third-order valence-corrected chi connectivity index (χ3v) is 5.17. The lowest BCUT2D eigenvalue weighted by atomic mass is 9.85. The average molecular weight is 399 g/mol. The van der Waals surface area contributed by atoms with Gasteiger partial charge in [0, 0.05) is 24.1 Å². The second kappa shape index (κ2) is 7.66. The number of fused-ring (bicyclic) bond motifs is 1. The van der Waals surface area contributed by atoms with Gasteiger partial charge in [0.15, 0.2) is 5.78 Å². The first kappa shape index (κ1) is 20.5. The Morgan fingerprint density at radius 3 is 2.00 bits per heavy atom. The molecule has 7 heteroatoms. The average Bonchev–Trinajstić information content (AvgIpc) is 2.94. The molecule has 1 aliphatic carbocycles. The molecule has 0 saturated heterocycles. The molecule has 0 radical (unpaired) electrons. The zero-order valence-electron chi connectivity index (χ0n) is 17.5. The van der Waals surface area contributed by atoms with Crippen LogP contribution < -0.4 is 24.3 Å². The van der Waals surface area contributed by atoms with E-state index in [-0.39, 0.29) is 11.2 Å². The lowest BCUT2D eigenvalue weighted by Gasteiger charge is -2.20. The maximum absolute atomic E-state index is 13.2. The van der Waals surface area contributed by atoms with E-state index in [9.17, 15) is 9.59 Å². The number of carbonyl (C=O) groups is 2. The lowest BCUT2D eigenvalue weighted by Crippen LogP contribution is -2.17. The van der Waals surface area contributed by atoms with Gasteiger partial charge in [0.2, 0.25) is 0 Å². The van der Waals surface area contributed by atoms with Crippen LogP contribution in [-0.4, -0.2) is 40.1 Å². The summed E-state index contributed by atoms with van der Waals surface area (Å²) < 4.78 is 21.4. The van der Waals surface area contributed by atoms with Gasteiger partial charge >= 0.3 is 0 Å². The molecular weight excluding hydrogens is 374 g/mol. The first-order valence-corrected chi connectivity index (χ1v) is 9.12. The highest BCUT2D eigenvalue weighted by Crippen LogP contribution is 2.42. The van der Waals surface area contributed by atoms with E-state index in [0.717, 1.165) is 5.56 Å². The Hall–Kier alpha value is -3.22. The molecule has 1 aliphatic rings. The van der Waals surface area contributed by atoms with Gasteiger partial charge in [-0.1, -0.05) is 13.8 Å². The molecule has 1 amide bonds. The molecule has 154 valence electrons. The van der Waals surface area contributed by atoms with Crippen LogP contribution >= 0.6 is 0 Å². The maximum atomic E-state index is 13.2. The highest BCUT2D eigenvalue weighted by atomic mass is 16.5. The summed E-state index contributed by atoms with van der Waals surface area (Å²) in [7, 11) is 5.99. The summed E-state index contributed by atoms with van der Waals surface area (Å²) in [5.74, 6) is 1.30. The molecule has 0 spiro atoms. The number of Topliss-reactive ketones (excluding diaryl/α,β-unsaturated/α-hetero) is 1. The minimum Gasteiger partial charge on any atom is -0.496 e. The van der Waals surface area contributed by atoms with Crippen molar-refractivity contribution in [2.45, 2.75) is 25.7 Å². The van der Waals surface area contributed by atoms with Gasteiger partial charge in [-0.2, -0.15) is 0 Å². The molecule has 0 heterocycles. The normalized spacial score (nSPS) is 14.2. The number of ether oxygens (including phenoxy) is 4. The van der Waals surface area contributed by atoms with Crippen molar-refractivity contribution in [3.63, 3.8) is 0 Å². The smallest absolute Gasteiger partial charge is 0.259 e. The second-order valence-electron chi connectivity index (χ2n) is 7.44. The Bertz CT molecular complexity index is 955. The zero-order valence-corrected chi connectivity index (χ0v) is 17.5. The van der Waals surface area contributed by atoms with E-state index >= 15 is 0 Å². The Morgan fingerprint density at radius 2 is 1.48 bits per heavy atom. The number of hydrogen-bond donors (Lipinski definition) is 1. The van der Waals surface area contributed by atoms with E-state index in [2.05, 4.69) is 5.32 Å². The maximum Gasteiger partial charge on any atom is 0.259 e. The molecule has 2 aromatic carbocycles. The predicted octanol–water partition coefficient (Wildman–Crippen LogP) is 3.84. The minimum absolute atomic E-state index is 0.0498. The quantitative estimate of drug-likeness (QED) is 0.795. The van der Waals surface area contributed by atoms with Crippen LogP contribution in [0.1, 0.15) is 46.5 Å². The fourth-order valence-electron chi connectivity index (χ4n) is 3.62. The number of amides is 1. The van der Waals surface area contributed by atoms with Gasteiger partial charge < -0.3 is 24.3 Å². The molecule has 0 aliphatic heterocycles. The number of ketones is 1. The van der Waals surface area contributed by atoms with Gasteiger partial charge in [0.1, 0.15) is 28.7 Å². The van der Waals surface area contributed by atoms with Crippen LogP contribution in [-0.2, 0) is 5.41 Å². The van der Waals surface area contributed by atoms with Gasteiger partial charge in [-0.25, -0.2) is 0 Å². The number of hydrogen-bond acceptors (Lipinski definition) is 6. The molecule has 1 N–H and O–H groups in total. The monoisotopic (exact) mass is 399 g/mol. The highest BCUT2D eigenvalue weighted by molar-refractivity contribution is 6.10. The Labute approximate surface area is 169 Å². The fraction of sp³-hybridized carbons (Fsp3) is 0.364. The van der Waals surface area contributed by atoms with Crippen molar-refractivity contribution < 1.29 is 28.5 Å². The molecule has 0 bridgehead atoms. The fourth-order valence-corrected chi connectivity index (χ4v) is 3.62. The van der Waals surface area contributed by atoms with Crippen molar-refractivity contribution >= 4 is 17.4 Å². The van der Waals surface area contributed by atoms with E-state index in [1.807, 2.05) is 13.8 Å². The summed E-state index contributed by atoms with van der Waals surface area (Å²) in [5, 5.41) is 2.84. The molecule has 0 unspecified atom stereocenters. The topological polar surface area (TPSA) is 83.1 Å². The molecule has 0 atom stereocenters. The van der Waals surface area contributed by atoms with Crippen molar-refractivity contribution in [3.05, 3.63) is 41.0 Å². The second-order valence-corrected chi connectivity index (χ2v) is 7.44. The van der Waals surface area contributed by atoms with E-state index in [0.29, 0.717) is 46.2 Å². The van der Waals surface area contributed by atoms with Gasteiger partial charge in [-0.3, -0.25) is 9.59 Å². The van der Waals surface area contributed by atoms with Crippen LogP contribution in [0.25, 0.3) is 0 Å². The van der Waals surface area contributed by atoms with Crippen molar-refractivity contribution in [1.29, 1.82) is 0 Å². The van der Waals surface area contributed by atoms with E-state index < -0.39 is 5.91 Å². The molecular formula is C22H25NO6. The largest absolute Gasteiger partial charge is 0.496 e. The molecule has 0 fully saturated rings. The lowest BCUT2D eigenvalue weighted by molar-refractivity contribution is 0.0977. The summed E-state index contributed by atoms with van der Waals surface area (Å²) in [6, 6.07) is 6.68.